The molecule has 3 aromatic heterocycles. The van der Waals surface area contributed by atoms with E-state index in [4.69, 9.17) is 4.74 Å². The Morgan fingerprint density at radius 1 is 1.24 bits per heavy atom. The molecule has 5 rings (SSSR count). The van der Waals surface area contributed by atoms with Crippen molar-refractivity contribution in [2.75, 3.05) is 25.5 Å². The predicted octanol–water partition coefficient (Wildman–Crippen LogP) is 3.88. The van der Waals surface area contributed by atoms with Crippen molar-refractivity contribution >= 4 is 11.7 Å². The average molecular weight is 534 g/mol. The number of carbonyl (C=O) groups is 1. The number of likely N-dealkylation sites (tertiary alicyclic amines) is 1. The normalized spacial score (nSPS) is 19.8. The van der Waals surface area contributed by atoms with Gasteiger partial charge in [-0.3, -0.25) is 4.79 Å². The molecule has 38 heavy (non-hydrogen) atoms. The Kier molecular flexibility index (Phi) is 6.27. The number of aryl methyl sites for hydroxylation is 3. The predicted molar refractivity (Wildman–Crippen MR) is 129 cm³/mol. The van der Waals surface area contributed by atoms with Gasteiger partial charge in [-0.25, -0.2) is 24.0 Å². The number of pyridine rings is 2. The molecule has 1 fully saturated rings. The van der Waals surface area contributed by atoms with Crippen molar-refractivity contribution in [2.24, 2.45) is 7.05 Å². The van der Waals surface area contributed by atoms with E-state index in [9.17, 15) is 22.4 Å². The summed E-state index contributed by atoms with van der Waals surface area (Å²) in [5.74, 6) is -1.70. The summed E-state index contributed by atoms with van der Waals surface area (Å²) in [6.07, 6.45) is -1.55. The number of methoxy groups -OCH3 is 1. The van der Waals surface area contributed by atoms with Crippen LogP contribution in [0.3, 0.4) is 0 Å². The average Bonchev–Trinajstić information content (AvgIpc) is 3.46. The van der Waals surface area contributed by atoms with Crippen LogP contribution in [0.2, 0.25) is 0 Å². The molecule has 2 atom stereocenters. The minimum Gasteiger partial charge on any atom is -0.481 e. The fourth-order valence-electron chi connectivity index (χ4n) is 5.26. The molecule has 0 bridgehead atoms. The van der Waals surface area contributed by atoms with Crippen molar-refractivity contribution in [3.63, 3.8) is 0 Å². The lowest BCUT2D eigenvalue weighted by Crippen LogP contribution is -2.46. The highest BCUT2D eigenvalue weighted by atomic mass is 19.4. The van der Waals surface area contributed by atoms with Gasteiger partial charge in [-0.05, 0) is 44.7 Å². The molecule has 0 aliphatic carbocycles. The van der Waals surface area contributed by atoms with Crippen molar-refractivity contribution in [1.82, 2.24) is 29.6 Å². The van der Waals surface area contributed by atoms with Crippen LogP contribution in [0.1, 0.15) is 48.3 Å². The van der Waals surface area contributed by atoms with Crippen LogP contribution in [0, 0.1) is 12.7 Å². The van der Waals surface area contributed by atoms with Crippen LogP contribution in [0.5, 0.6) is 5.88 Å². The smallest absolute Gasteiger partial charge is 0.451 e. The molecule has 2 aliphatic heterocycles. The lowest BCUT2D eigenvalue weighted by molar-refractivity contribution is -0.147. The van der Waals surface area contributed by atoms with Gasteiger partial charge in [-0.1, -0.05) is 0 Å². The number of ether oxygens (including phenoxy) is 1. The third-order valence-electron chi connectivity index (χ3n) is 7.38. The van der Waals surface area contributed by atoms with Gasteiger partial charge in [-0.15, -0.1) is 0 Å². The lowest BCUT2D eigenvalue weighted by atomic mass is 9.86. The minimum atomic E-state index is -4.61. The van der Waals surface area contributed by atoms with E-state index in [2.05, 4.69) is 25.4 Å². The number of anilines is 1. The number of nitrogens with zero attached hydrogens (tertiary/aromatic N) is 6. The van der Waals surface area contributed by atoms with Gasteiger partial charge in [0.05, 0.1) is 30.5 Å². The summed E-state index contributed by atoms with van der Waals surface area (Å²) in [6.45, 7) is 4.30. The second-order valence-corrected chi connectivity index (χ2v) is 9.89. The maximum Gasteiger partial charge on any atom is 0.451 e. The number of aromatic nitrogens is 5. The molecule has 0 aromatic carbocycles. The Labute approximate surface area is 216 Å². The van der Waals surface area contributed by atoms with E-state index in [0.717, 1.165) is 16.4 Å². The summed E-state index contributed by atoms with van der Waals surface area (Å²) < 4.78 is 59.8. The number of rotatable bonds is 4. The first-order chi connectivity index (χ1) is 17.9. The molecule has 2 aliphatic rings. The first kappa shape index (κ1) is 25.9. The summed E-state index contributed by atoms with van der Waals surface area (Å²) in [4.78, 5) is 27.2. The molecule has 5 heterocycles. The lowest BCUT2D eigenvalue weighted by Gasteiger charge is -2.36. The van der Waals surface area contributed by atoms with Crippen LogP contribution in [-0.2, 0) is 24.4 Å². The molecule has 1 amide bonds. The fraction of sp³-hybridized carbons (Fsp3) is 0.480. The van der Waals surface area contributed by atoms with Crippen LogP contribution in [-0.4, -0.2) is 61.3 Å². The second kappa shape index (κ2) is 9.21. The first-order valence-electron chi connectivity index (χ1n) is 12.2. The van der Waals surface area contributed by atoms with E-state index >= 15 is 0 Å². The SMILES string of the molecule is COc1cc([C@@H](C)C(=O)N2CCC3(CCc4cc(-c5nc(C(F)(F)F)n(C)n5)c(C)nc4N3)C2)c(F)cn1. The van der Waals surface area contributed by atoms with Crippen molar-refractivity contribution < 1.29 is 27.1 Å². The minimum absolute atomic E-state index is 0.0282. The number of nitrogens with one attached hydrogen (secondary N) is 1. The van der Waals surface area contributed by atoms with E-state index in [1.165, 1.54) is 20.2 Å². The number of halogens is 4. The number of carbonyl (C=O) groups excluding carboxylic acids is 1. The molecule has 1 N–H and O–H groups in total. The zero-order valence-corrected chi connectivity index (χ0v) is 21.4. The van der Waals surface area contributed by atoms with Gasteiger partial charge in [0.1, 0.15) is 11.6 Å². The van der Waals surface area contributed by atoms with Gasteiger partial charge in [0, 0.05) is 37.3 Å². The molecule has 0 radical (unpaired) electrons. The summed E-state index contributed by atoms with van der Waals surface area (Å²) in [5.41, 5.74) is 1.62. The molecule has 3 aromatic rings. The Balaban J connectivity index is 1.34. The molecule has 0 saturated carbocycles. The van der Waals surface area contributed by atoms with E-state index < -0.39 is 29.3 Å². The van der Waals surface area contributed by atoms with E-state index in [1.54, 1.807) is 24.8 Å². The van der Waals surface area contributed by atoms with Gasteiger partial charge < -0.3 is 15.0 Å². The number of fused-ring (bicyclic) bond motifs is 1. The molecular weight excluding hydrogens is 506 g/mol. The van der Waals surface area contributed by atoms with E-state index in [-0.39, 0.29) is 23.2 Å². The van der Waals surface area contributed by atoms with Gasteiger partial charge in [0.15, 0.2) is 5.82 Å². The van der Waals surface area contributed by atoms with Crippen molar-refractivity contribution in [2.45, 2.75) is 50.7 Å². The molecule has 1 unspecified atom stereocenters. The van der Waals surface area contributed by atoms with Crippen LogP contribution in [0.25, 0.3) is 11.4 Å². The topological polar surface area (TPSA) is 98.1 Å². The standard InChI is InChI=1S/C25H27F4N7O2/c1-13(16-10-19(38-4)30-11-18(16)26)22(37)36-8-7-24(12-36)6-5-15-9-17(14(2)31-20(15)33-24)21-32-23(25(27,28)29)35(3)34-21/h9-11,13H,5-8,12H2,1-4H3,(H,31,33)/t13-,24?/m1/s1. The molecule has 202 valence electrons. The van der Waals surface area contributed by atoms with Crippen molar-refractivity contribution in [1.29, 1.82) is 0 Å². The summed E-state index contributed by atoms with van der Waals surface area (Å²) >= 11 is 0. The van der Waals surface area contributed by atoms with Crippen LogP contribution >= 0.6 is 0 Å². The number of alkyl halides is 3. The summed E-state index contributed by atoms with van der Waals surface area (Å²) in [7, 11) is 2.64. The highest BCUT2D eigenvalue weighted by Crippen LogP contribution is 2.39. The Morgan fingerprint density at radius 3 is 2.68 bits per heavy atom. The monoisotopic (exact) mass is 533 g/mol. The van der Waals surface area contributed by atoms with E-state index in [0.29, 0.717) is 49.4 Å². The van der Waals surface area contributed by atoms with Crippen LogP contribution in [0.15, 0.2) is 18.3 Å². The highest BCUT2D eigenvalue weighted by molar-refractivity contribution is 5.84. The Bertz CT molecular complexity index is 1410. The quantitative estimate of drug-likeness (QED) is 0.509. The Hall–Kier alpha value is -3.77. The third-order valence-corrected chi connectivity index (χ3v) is 7.38. The van der Waals surface area contributed by atoms with Gasteiger partial charge >= 0.3 is 6.18 Å². The third kappa shape index (κ3) is 4.54. The van der Waals surface area contributed by atoms with Crippen molar-refractivity contribution in [3.05, 3.63) is 46.8 Å². The largest absolute Gasteiger partial charge is 0.481 e. The molecule has 9 nitrogen and oxygen atoms in total. The van der Waals surface area contributed by atoms with E-state index in [1.807, 2.05) is 0 Å². The number of hydrogen-bond donors (Lipinski definition) is 1. The zero-order chi connectivity index (χ0) is 27.4. The second-order valence-electron chi connectivity index (χ2n) is 9.89. The maximum absolute atomic E-state index is 14.4. The molecular formula is C25H27F4N7O2. The zero-order valence-electron chi connectivity index (χ0n) is 21.4. The maximum atomic E-state index is 14.4. The highest BCUT2D eigenvalue weighted by Gasteiger charge is 2.44. The van der Waals surface area contributed by atoms with Crippen LogP contribution in [0.4, 0.5) is 23.4 Å². The van der Waals surface area contributed by atoms with Gasteiger partial charge in [0.25, 0.3) is 0 Å². The van der Waals surface area contributed by atoms with Gasteiger partial charge in [0.2, 0.25) is 17.6 Å². The van der Waals surface area contributed by atoms with Gasteiger partial charge in [-0.2, -0.15) is 18.3 Å². The number of hydrogen-bond acceptors (Lipinski definition) is 7. The van der Waals surface area contributed by atoms with Crippen molar-refractivity contribution in [3.8, 4) is 17.3 Å². The summed E-state index contributed by atoms with van der Waals surface area (Å²) in [5, 5.41) is 7.45. The molecule has 1 saturated heterocycles. The molecule has 13 heteroatoms. The van der Waals surface area contributed by atoms with Crippen LogP contribution < -0.4 is 10.1 Å². The summed E-state index contributed by atoms with van der Waals surface area (Å²) in [6, 6.07) is 3.23. The first-order valence-corrected chi connectivity index (χ1v) is 12.2. The number of amides is 1. The molecule has 1 spiro atoms. The Morgan fingerprint density at radius 2 is 2.00 bits per heavy atom. The fourth-order valence-corrected chi connectivity index (χ4v) is 5.26.